The third-order valence-corrected chi connectivity index (χ3v) is 5.88. The van der Waals surface area contributed by atoms with Crippen molar-refractivity contribution in [3.63, 3.8) is 0 Å². The zero-order chi connectivity index (χ0) is 16.4. The summed E-state index contributed by atoms with van der Waals surface area (Å²) in [5.41, 5.74) is 2.85. The van der Waals surface area contributed by atoms with E-state index in [2.05, 4.69) is 31.9 Å². The summed E-state index contributed by atoms with van der Waals surface area (Å²) in [6.45, 7) is 5.28. The van der Waals surface area contributed by atoms with Gasteiger partial charge in [-0.1, -0.05) is 31.9 Å². The van der Waals surface area contributed by atoms with E-state index in [1.807, 2.05) is 19.9 Å². The van der Waals surface area contributed by atoms with Gasteiger partial charge in [0.05, 0.1) is 0 Å². The number of phenolic OH excluding ortho intramolecular Hbond substituents is 1. The number of fused-ring (bicyclic) bond motifs is 1. The summed E-state index contributed by atoms with van der Waals surface area (Å²) in [7, 11) is 0. The molecule has 0 radical (unpaired) electrons. The molecule has 3 nitrogen and oxygen atoms in total. The van der Waals surface area contributed by atoms with Crippen LogP contribution in [0.25, 0.3) is 10.8 Å². The number of ether oxygens (including phenoxy) is 1. The van der Waals surface area contributed by atoms with Crippen LogP contribution in [0.1, 0.15) is 23.6 Å². The Hall–Kier alpha value is -1.07. The summed E-state index contributed by atoms with van der Waals surface area (Å²) in [6, 6.07) is 5.50. The number of esters is 1. The zero-order valence-electron chi connectivity index (χ0n) is 12.7. The van der Waals surface area contributed by atoms with E-state index in [0.29, 0.717) is 5.75 Å². The Balaban J connectivity index is 2.72. The molecule has 118 valence electrons. The number of aromatic hydroxyl groups is 1. The van der Waals surface area contributed by atoms with Gasteiger partial charge in [0.2, 0.25) is 0 Å². The van der Waals surface area contributed by atoms with Gasteiger partial charge in [0, 0.05) is 22.6 Å². The Kier molecular flexibility index (Phi) is 5.50. The zero-order valence-corrected chi connectivity index (χ0v) is 15.9. The van der Waals surface area contributed by atoms with E-state index >= 15 is 0 Å². The van der Waals surface area contributed by atoms with Crippen LogP contribution in [-0.2, 0) is 11.2 Å². The first-order chi connectivity index (χ1) is 10.3. The Bertz CT molecular complexity index is 726. The highest BCUT2D eigenvalue weighted by atomic mass is 79.9. The summed E-state index contributed by atoms with van der Waals surface area (Å²) in [4.78, 5) is 11.7. The molecule has 0 saturated carbocycles. The van der Waals surface area contributed by atoms with Crippen molar-refractivity contribution in [1.29, 1.82) is 0 Å². The number of aryl methyl sites for hydroxylation is 2. The number of halogens is 2. The maximum atomic E-state index is 11.5. The number of alkyl halides is 2. The molecule has 0 aromatic heterocycles. The minimum absolute atomic E-state index is 0.216. The quantitative estimate of drug-likeness (QED) is 0.431. The number of hydrogen-bond donors (Lipinski definition) is 1. The van der Waals surface area contributed by atoms with E-state index in [1.54, 1.807) is 12.1 Å². The molecule has 0 bridgehead atoms. The number of carbonyl (C=O) groups excluding carboxylic acids is 1. The molecule has 1 atom stereocenters. The number of phenols is 1. The number of hydrogen-bond acceptors (Lipinski definition) is 3. The van der Waals surface area contributed by atoms with Crippen molar-refractivity contribution in [1.82, 2.24) is 0 Å². The fraction of sp³-hybridized carbons (Fsp3) is 0.353. The van der Waals surface area contributed by atoms with Gasteiger partial charge in [0.25, 0.3) is 0 Å². The van der Waals surface area contributed by atoms with Crippen molar-refractivity contribution < 1.29 is 14.6 Å². The van der Waals surface area contributed by atoms with Crippen LogP contribution in [0.4, 0.5) is 0 Å². The average Bonchev–Trinajstić information content (AvgIpc) is 2.43. The van der Waals surface area contributed by atoms with Crippen molar-refractivity contribution in [3.05, 3.63) is 34.9 Å². The topological polar surface area (TPSA) is 46.5 Å². The Morgan fingerprint density at radius 1 is 1.27 bits per heavy atom. The van der Waals surface area contributed by atoms with Gasteiger partial charge in [-0.15, -0.1) is 0 Å². The van der Waals surface area contributed by atoms with Gasteiger partial charge in [-0.05, 0) is 60.4 Å². The van der Waals surface area contributed by atoms with E-state index in [1.165, 1.54) is 6.92 Å². The largest absolute Gasteiger partial charge is 0.508 e. The van der Waals surface area contributed by atoms with E-state index in [-0.39, 0.29) is 16.5 Å². The highest BCUT2D eigenvalue weighted by Gasteiger charge is 2.17. The van der Waals surface area contributed by atoms with Crippen LogP contribution in [0.2, 0.25) is 0 Å². The van der Waals surface area contributed by atoms with E-state index < -0.39 is 0 Å². The predicted octanol–water partition coefficient (Wildman–Crippen LogP) is 4.79. The molecule has 0 fully saturated rings. The van der Waals surface area contributed by atoms with E-state index in [9.17, 15) is 9.90 Å². The van der Waals surface area contributed by atoms with Crippen LogP contribution in [0.5, 0.6) is 11.5 Å². The molecule has 5 heteroatoms. The first kappa shape index (κ1) is 17.3. The second-order valence-electron chi connectivity index (χ2n) is 5.40. The summed E-state index contributed by atoms with van der Waals surface area (Å²) in [5.74, 6) is 0.467. The molecule has 1 N–H and O–H groups in total. The maximum Gasteiger partial charge on any atom is 0.308 e. The fourth-order valence-electron chi connectivity index (χ4n) is 2.61. The lowest BCUT2D eigenvalue weighted by Crippen LogP contribution is -2.10. The lowest BCUT2D eigenvalue weighted by molar-refractivity contribution is -0.131. The van der Waals surface area contributed by atoms with Crippen LogP contribution in [-0.4, -0.2) is 21.2 Å². The van der Waals surface area contributed by atoms with Crippen LogP contribution in [0.15, 0.2) is 18.2 Å². The normalized spacial score (nSPS) is 12.4. The van der Waals surface area contributed by atoms with Gasteiger partial charge >= 0.3 is 5.97 Å². The number of rotatable bonds is 4. The first-order valence-corrected chi connectivity index (χ1v) is 9.01. The Labute approximate surface area is 146 Å². The van der Waals surface area contributed by atoms with Crippen molar-refractivity contribution in [3.8, 4) is 11.5 Å². The summed E-state index contributed by atoms with van der Waals surface area (Å²) in [6.07, 6.45) is 0.741. The molecule has 0 amide bonds. The van der Waals surface area contributed by atoms with Crippen molar-refractivity contribution in [2.45, 2.75) is 32.0 Å². The molecule has 0 aliphatic carbocycles. The van der Waals surface area contributed by atoms with Crippen LogP contribution in [0, 0.1) is 13.8 Å². The summed E-state index contributed by atoms with van der Waals surface area (Å²) in [5, 5.41) is 12.6. The monoisotopic (exact) mass is 428 g/mol. The smallest absolute Gasteiger partial charge is 0.308 e. The molecule has 1 unspecified atom stereocenters. The molecule has 2 aromatic carbocycles. The van der Waals surface area contributed by atoms with Gasteiger partial charge < -0.3 is 9.84 Å². The van der Waals surface area contributed by atoms with Gasteiger partial charge in [-0.2, -0.15) is 0 Å². The SMILES string of the molecule is CC(=O)Oc1c(CC(Br)CBr)cc2c(C)cc(O)cc2c1C. The first-order valence-electron chi connectivity index (χ1n) is 6.97. The molecule has 0 aliphatic rings. The predicted molar refractivity (Wildman–Crippen MR) is 96.6 cm³/mol. The highest BCUT2D eigenvalue weighted by Crippen LogP contribution is 2.36. The van der Waals surface area contributed by atoms with Crippen molar-refractivity contribution >= 4 is 48.6 Å². The minimum Gasteiger partial charge on any atom is -0.508 e. The second kappa shape index (κ2) is 7.01. The van der Waals surface area contributed by atoms with E-state index in [4.69, 9.17) is 4.74 Å². The molecule has 0 aliphatic heterocycles. The molecule has 22 heavy (non-hydrogen) atoms. The molecule has 2 aromatic rings. The van der Waals surface area contributed by atoms with Crippen LogP contribution in [0.3, 0.4) is 0 Å². The standard InChI is InChI=1S/C17H18Br2O3/c1-9-4-14(21)7-16-10(2)17(22-11(3)20)12(6-15(9)16)5-13(19)8-18/h4,6-7,13,21H,5,8H2,1-3H3. The van der Waals surface area contributed by atoms with Crippen LogP contribution >= 0.6 is 31.9 Å². The maximum absolute atomic E-state index is 11.5. The number of benzene rings is 2. The van der Waals surface area contributed by atoms with Crippen molar-refractivity contribution in [2.75, 3.05) is 5.33 Å². The van der Waals surface area contributed by atoms with Gasteiger partial charge in [0.1, 0.15) is 11.5 Å². The summed E-state index contributed by atoms with van der Waals surface area (Å²) >= 11 is 7.06. The highest BCUT2D eigenvalue weighted by molar-refractivity contribution is 9.12. The van der Waals surface area contributed by atoms with E-state index in [0.717, 1.165) is 39.2 Å². The third kappa shape index (κ3) is 3.63. The molecule has 0 spiro atoms. The lowest BCUT2D eigenvalue weighted by atomic mass is 9.95. The Morgan fingerprint density at radius 3 is 2.55 bits per heavy atom. The second-order valence-corrected chi connectivity index (χ2v) is 7.34. The molecule has 2 rings (SSSR count). The van der Waals surface area contributed by atoms with Crippen molar-refractivity contribution in [2.24, 2.45) is 0 Å². The van der Waals surface area contributed by atoms with Gasteiger partial charge in [-0.3, -0.25) is 4.79 Å². The summed E-state index contributed by atoms with van der Waals surface area (Å²) < 4.78 is 5.45. The average molecular weight is 430 g/mol. The van der Waals surface area contributed by atoms with Gasteiger partial charge in [0.15, 0.2) is 0 Å². The fourth-order valence-corrected chi connectivity index (χ4v) is 3.19. The lowest BCUT2D eigenvalue weighted by Gasteiger charge is -2.17. The minimum atomic E-state index is -0.342. The Morgan fingerprint density at radius 2 is 1.95 bits per heavy atom. The van der Waals surface area contributed by atoms with Crippen LogP contribution < -0.4 is 4.74 Å². The molecular weight excluding hydrogens is 412 g/mol. The third-order valence-electron chi connectivity index (χ3n) is 3.58. The number of carbonyl (C=O) groups is 1. The molecule has 0 saturated heterocycles. The molecule has 0 heterocycles. The molecular formula is C17H18Br2O3. The van der Waals surface area contributed by atoms with Gasteiger partial charge in [-0.25, -0.2) is 0 Å².